The number of hydrogen-bond acceptors (Lipinski definition) is 6. The fourth-order valence-electron chi connectivity index (χ4n) is 4.06. The molecule has 1 aromatic heterocycles. The number of carbonyl (C=O) groups excluding carboxylic acids is 1. The summed E-state index contributed by atoms with van der Waals surface area (Å²) in [5.41, 5.74) is 3.37. The lowest BCUT2D eigenvalue weighted by Gasteiger charge is -2.31. The van der Waals surface area contributed by atoms with Gasteiger partial charge in [0.25, 0.3) is 0 Å². The van der Waals surface area contributed by atoms with Crippen molar-refractivity contribution in [2.75, 3.05) is 19.7 Å². The number of aromatic nitrogens is 1. The van der Waals surface area contributed by atoms with E-state index in [0.717, 1.165) is 33.7 Å². The molecule has 1 aliphatic rings. The minimum atomic E-state index is -3.60. The highest BCUT2D eigenvalue weighted by atomic mass is 32.2. The first-order chi connectivity index (χ1) is 14.1. The second-order valence-corrected chi connectivity index (χ2v) is 10.6. The summed E-state index contributed by atoms with van der Waals surface area (Å²) in [5, 5.41) is 1.78. The van der Waals surface area contributed by atoms with Crippen LogP contribution in [0.3, 0.4) is 0 Å². The van der Waals surface area contributed by atoms with Gasteiger partial charge in [0.2, 0.25) is 10.0 Å². The highest BCUT2D eigenvalue weighted by molar-refractivity contribution is 7.89. The maximum Gasteiger partial charge on any atom is 0.309 e. The predicted octanol–water partition coefficient (Wildman–Crippen LogP) is 2.79. The number of benzene rings is 1. The van der Waals surface area contributed by atoms with E-state index < -0.39 is 10.0 Å². The molecule has 7 nitrogen and oxygen atoms in total. The van der Waals surface area contributed by atoms with E-state index in [1.54, 1.807) is 9.95 Å². The number of nitrogens with zero attached hydrogens (tertiary/aromatic N) is 2. The summed E-state index contributed by atoms with van der Waals surface area (Å²) in [6, 6.07) is 3.76. The van der Waals surface area contributed by atoms with Gasteiger partial charge in [0.1, 0.15) is 6.61 Å². The van der Waals surface area contributed by atoms with Crippen molar-refractivity contribution in [1.29, 1.82) is 0 Å². The average Bonchev–Trinajstić information content (AvgIpc) is 2.99. The molecule has 30 heavy (non-hydrogen) atoms. The molecule has 1 aromatic carbocycles. The Morgan fingerprint density at radius 3 is 2.27 bits per heavy atom. The van der Waals surface area contributed by atoms with Crippen molar-refractivity contribution in [1.82, 2.24) is 8.87 Å². The standard InChI is InChI=1S/C21H28N2O5S2/c1-14-11-15(2)19(16(3)12-14)30(26,27)22-7-5-18(6-8-22)20(24)28-10-9-23-17(4)13-29-21(23)25/h11-13,18H,5-10H2,1-4H3. The smallest absolute Gasteiger partial charge is 0.309 e. The topological polar surface area (TPSA) is 85.7 Å². The van der Waals surface area contributed by atoms with E-state index in [-0.39, 0.29) is 36.5 Å². The number of thiazole rings is 1. The summed E-state index contributed by atoms with van der Waals surface area (Å²) >= 11 is 1.13. The molecule has 3 rings (SSSR count). The molecule has 0 aliphatic carbocycles. The molecule has 1 fully saturated rings. The second-order valence-electron chi connectivity index (χ2n) is 7.87. The minimum absolute atomic E-state index is 0.0660. The number of ether oxygens (including phenoxy) is 1. The highest BCUT2D eigenvalue weighted by Gasteiger charge is 2.34. The highest BCUT2D eigenvalue weighted by Crippen LogP contribution is 2.29. The van der Waals surface area contributed by atoms with Crippen LogP contribution < -0.4 is 4.87 Å². The van der Waals surface area contributed by atoms with Gasteiger partial charge in [0.05, 0.1) is 17.4 Å². The lowest BCUT2D eigenvalue weighted by Crippen LogP contribution is -2.41. The Balaban J connectivity index is 1.58. The van der Waals surface area contributed by atoms with Crippen LogP contribution in [0.25, 0.3) is 0 Å². The van der Waals surface area contributed by atoms with E-state index >= 15 is 0 Å². The van der Waals surface area contributed by atoms with Crippen molar-refractivity contribution >= 4 is 27.3 Å². The molecule has 0 spiro atoms. The van der Waals surface area contributed by atoms with Gasteiger partial charge >= 0.3 is 10.8 Å². The van der Waals surface area contributed by atoms with E-state index in [0.29, 0.717) is 24.3 Å². The van der Waals surface area contributed by atoms with E-state index in [1.807, 2.05) is 39.8 Å². The molecule has 0 atom stereocenters. The van der Waals surface area contributed by atoms with Gasteiger partial charge in [-0.15, -0.1) is 0 Å². The van der Waals surface area contributed by atoms with E-state index in [4.69, 9.17) is 4.74 Å². The van der Waals surface area contributed by atoms with E-state index in [1.165, 1.54) is 4.31 Å². The number of carbonyl (C=O) groups is 1. The summed E-state index contributed by atoms with van der Waals surface area (Å²) in [6.07, 6.45) is 0.860. The van der Waals surface area contributed by atoms with Gasteiger partial charge < -0.3 is 4.74 Å². The lowest BCUT2D eigenvalue weighted by molar-refractivity contribution is -0.150. The number of hydrogen-bond donors (Lipinski definition) is 0. The van der Waals surface area contributed by atoms with Crippen molar-refractivity contribution in [2.45, 2.75) is 52.0 Å². The van der Waals surface area contributed by atoms with Gasteiger partial charge in [-0.3, -0.25) is 14.2 Å². The first-order valence-corrected chi connectivity index (χ1v) is 12.3. The Hall–Kier alpha value is -1.97. The van der Waals surface area contributed by atoms with Crippen molar-refractivity contribution in [3.05, 3.63) is 49.6 Å². The summed E-state index contributed by atoms with van der Waals surface area (Å²) in [6.45, 7) is 8.47. The molecule has 164 valence electrons. The quantitative estimate of drug-likeness (QED) is 0.629. The molecule has 1 aliphatic heterocycles. The van der Waals surface area contributed by atoms with Crippen LogP contribution in [-0.4, -0.2) is 43.0 Å². The summed E-state index contributed by atoms with van der Waals surface area (Å²) in [5.74, 6) is -0.646. The van der Waals surface area contributed by atoms with Gasteiger partial charge in [-0.25, -0.2) is 8.42 Å². The minimum Gasteiger partial charge on any atom is -0.464 e. The number of aryl methyl sites for hydroxylation is 4. The predicted molar refractivity (Wildman–Crippen MR) is 116 cm³/mol. The second kappa shape index (κ2) is 9.03. The zero-order valence-corrected chi connectivity index (χ0v) is 19.4. The summed E-state index contributed by atoms with van der Waals surface area (Å²) < 4.78 is 34.7. The average molecular weight is 453 g/mol. The molecule has 0 radical (unpaired) electrons. The van der Waals surface area contributed by atoms with Gasteiger partial charge in [-0.1, -0.05) is 29.0 Å². The van der Waals surface area contributed by atoms with Crippen molar-refractivity contribution in [3.8, 4) is 0 Å². The first-order valence-electron chi connectivity index (χ1n) is 10.0. The lowest BCUT2D eigenvalue weighted by atomic mass is 9.98. The van der Waals surface area contributed by atoms with Gasteiger partial charge in [-0.05, 0) is 51.7 Å². The monoisotopic (exact) mass is 452 g/mol. The number of esters is 1. The maximum absolute atomic E-state index is 13.2. The molecule has 1 saturated heterocycles. The Bertz CT molecular complexity index is 1070. The Labute approximate surface area is 181 Å². The Morgan fingerprint density at radius 2 is 1.73 bits per heavy atom. The molecular formula is C21H28N2O5S2. The molecule has 0 bridgehead atoms. The zero-order valence-electron chi connectivity index (χ0n) is 17.8. The van der Waals surface area contributed by atoms with Crippen molar-refractivity contribution in [3.63, 3.8) is 0 Å². The Kier molecular flexibility index (Phi) is 6.84. The van der Waals surface area contributed by atoms with Crippen LogP contribution >= 0.6 is 11.3 Å². The van der Waals surface area contributed by atoms with Crippen LogP contribution in [0.4, 0.5) is 0 Å². The largest absolute Gasteiger partial charge is 0.464 e. The fraction of sp³-hybridized carbons (Fsp3) is 0.524. The Morgan fingerprint density at radius 1 is 1.13 bits per heavy atom. The third-order valence-electron chi connectivity index (χ3n) is 5.53. The molecular weight excluding hydrogens is 424 g/mol. The van der Waals surface area contributed by atoms with Crippen LogP contribution in [0.2, 0.25) is 0 Å². The van der Waals surface area contributed by atoms with Gasteiger partial charge in [0.15, 0.2) is 0 Å². The molecule has 9 heteroatoms. The third kappa shape index (κ3) is 4.68. The van der Waals surface area contributed by atoms with Crippen LogP contribution in [0.5, 0.6) is 0 Å². The fourth-order valence-corrected chi connectivity index (χ4v) is 6.71. The van der Waals surface area contributed by atoms with E-state index in [2.05, 4.69) is 0 Å². The van der Waals surface area contributed by atoms with Crippen LogP contribution in [0.15, 0.2) is 27.2 Å². The number of piperidine rings is 1. The summed E-state index contributed by atoms with van der Waals surface area (Å²) in [7, 11) is -3.60. The zero-order chi connectivity index (χ0) is 22.1. The van der Waals surface area contributed by atoms with Crippen LogP contribution in [-0.2, 0) is 26.1 Å². The van der Waals surface area contributed by atoms with Gasteiger partial charge in [0, 0.05) is 24.2 Å². The normalized spacial score (nSPS) is 16.0. The van der Waals surface area contributed by atoms with Crippen molar-refractivity contribution in [2.24, 2.45) is 5.92 Å². The molecule has 2 aromatic rings. The van der Waals surface area contributed by atoms with Crippen LogP contribution in [0.1, 0.15) is 35.2 Å². The summed E-state index contributed by atoms with van der Waals surface area (Å²) in [4.78, 5) is 24.4. The number of rotatable bonds is 6. The maximum atomic E-state index is 13.2. The third-order valence-corrected chi connectivity index (χ3v) is 8.61. The van der Waals surface area contributed by atoms with Crippen molar-refractivity contribution < 1.29 is 17.9 Å². The number of sulfonamides is 1. The van der Waals surface area contributed by atoms with Crippen LogP contribution in [0, 0.1) is 33.6 Å². The van der Waals surface area contributed by atoms with E-state index in [9.17, 15) is 18.0 Å². The molecule has 0 unspecified atom stereocenters. The molecule has 0 amide bonds. The molecule has 0 N–H and O–H groups in total. The molecule has 0 saturated carbocycles. The molecule has 2 heterocycles. The SMILES string of the molecule is Cc1cc(C)c(S(=O)(=O)N2CCC(C(=O)OCCn3c(C)csc3=O)CC2)c(C)c1. The first kappa shape index (κ1) is 22.7. The van der Waals surface area contributed by atoms with Gasteiger partial charge in [-0.2, -0.15) is 4.31 Å².